The molecule has 56 heavy (non-hydrogen) atoms. The van der Waals surface area contributed by atoms with E-state index in [1.54, 1.807) is 45.7 Å². The first kappa shape index (κ1) is 36.7. The number of piperidine rings is 1. The van der Waals surface area contributed by atoms with Crippen LogP contribution in [0, 0.1) is 28.6 Å². The number of carbonyl (C=O) groups is 2. The molecule has 3 aliphatic rings. The number of aromatic nitrogens is 7. The lowest BCUT2D eigenvalue weighted by Crippen LogP contribution is -2.49. The van der Waals surface area contributed by atoms with E-state index < -0.39 is 18.2 Å². The fourth-order valence-electron chi connectivity index (χ4n) is 8.22. The number of fused-ring (bicyclic) bond motifs is 1. The van der Waals surface area contributed by atoms with Gasteiger partial charge in [0.05, 0.1) is 41.6 Å². The number of hydrogen-bond acceptors (Lipinski definition) is 11. The first-order chi connectivity index (χ1) is 27.3. The van der Waals surface area contributed by atoms with Crippen LogP contribution in [0.1, 0.15) is 80.5 Å². The summed E-state index contributed by atoms with van der Waals surface area (Å²) in [5, 5.41) is 38.6. The van der Waals surface area contributed by atoms with Crippen molar-refractivity contribution in [1.82, 2.24) is 45.0 Å². The minimum absolute atomic E-state index is 0.176. The quantitative estimate of drug-likeness (QED) is 0.183. The largest absolute Gasteiger partial charge is 0.368 e. The number of nitriles is 2. The smallest absolute Gasteiger partial charge is 0.328 e. The molecule has 6 heterocycles. The Balaban J connectivity index is 0.847. The average Bonchev–Trinajstić information content (AvgIpc) is 3.88. The number of likely N-dealkylation sites (tertiary alicyclic amines) is 1. The molecule has 5 aromatic rings. The minimum Gasteiger partial charge on any atom is -0.368 e. The molecular weight excluding hydrogens is 714 g/mol. The van der Waals surface area contributed by atoms with E-state index in [0.717, 1.165) is 62.9 Å². The molecule has 2 N–H and O–H groups in total. The molecule has 3 fully saturated rings. The Morgan fingerprint density at radius 3 is 2.59 bits per heavy atom. The molecule has 2 saturated heterocycles. The van der Waals surface area contributed by atoms with Crippen molar-refractivity contribution >= 4 is 34.3 Å². The Hall–Kier alpha value is -6.26. The summed E-state index contributed by atoms with van der Waals surface area (Å²) in [6.07, 6.45) is 12.0. The zero-order valence-electron chi connectivity index (χ0n) is 31.1. The first-order valence-corrected chi connectivity index (χ1v) is 19.2. The van der Waals surface area contributed by atoms with Gasteiger partial charge in [-0.05, 0) is 88.2 Å². The van der Waals surface area contributed by atoms with Crippen LogP contribution in [0.25, 0.3) is 22.5 Å². The topological polar surface area (TPSA) is 187 Å². The number of pyridine rings is 2. The van der Waals surface area contributed by atoms with Crippen LogP contribution < -0.4 is 15.5 Å². The highest BCUT2D eigenvalue weighted by molar-refractivity contribution is 6.05. The summed E-state index contributed by atoms with van der Waals surface area (Å²) < 4.78 is 18.8. The van der Waals surface area contributed by atoms with Gasteiger partial charge in [-0.25, -0.2) is 23.8 Å². The molecule has 4 aromatic heterocycles. The van der Waals surface area contributed by atoms with E-state index in [1.165, 1.54) is 6.20 Å². The summed E-state index contributed by atoms with van der Waals surface area (Å²) in [6, 6.07) is 14.5. The second-order valence-corrected chi connectivity index (χ2v) is 15.0. The highest BCUT2D eigenvalue weighted by atomic mass is 19.1. The zero-order valence-corrected chi connectivity index (χ0v) is 31.1. The number of nitrogens with zero attached hydrogens (tertiary/aromatic N) is 11. The van der Waals surface area contributed by atoms with Gasteiger partial charge in [0.2, 0.25) is 5.91 Å². The van der Waals surface area contributed by atoms with Crippen molar-refractivity contribution in [3.05, 3.63) is 78.0 Å². The lowest BCUT2D eigenvalue weighted by Gasteiger charge is -2.36. The van der Waals surface area contributed by atoms with Crippen LogP contribution in [0.5, 0.6) is 0 Å². The van der Waals surface area contributed by atoms with E-state index in [2.05, 4.69) is 53.1 Å². The van der Waals surface area contributed by atoms with Crippen LogP contribution >= 0.6 is 0 Å². The fraction of sp³-hybridized carbons (Fsp3) is 0.425. The summed E-state index contributed by atoms with van der Waals surface area (Å²) in [6.45, 7) is 4.26. The second-order valence-electron chi connectivity index (χ2n) is 15.0. The molecule has 0 spiro atoms. The Bertz CT molecular complexity index is 2320. The number of carbonyl (C=O) groups excluding carboxylic acids is 2. The first-order valence-electron chi connectivity index (χ1n) is 19.2. The van der Waals surface area contributed by atoms with Crippen LogP contribution in [0.3, 0.4) is 0 Å². The summed E-state index contributed by atoms with van der Waals surface area (Å²) >= 11 is 0. The number of imide groups is 1. The Kier molecular flexibility index (Phi) is 10.4. The number of alkyl halides is 1. The van der Waals surface area contributed by atoms with E-state index in [9.17, 15) is 20.1 Å². The van der Waals surface area contributed by atoms with Crippen LogP contribution in [0.4, 0.5) is 20.6 Å². The van der Waals surface area contributed by atoms with Crippen molar-refractivity contribution in [3.8, 4) is 23.6 Å². The molecule has 16 heteroatoms. The molecule has 3 amide bonds. The van der Waals surface area contributed by atoms with Gasteiger partial charge in [0.1, 0.15) is 24.0 Å². The molecule has 8 rings (SSSR count). The number of nitrogens with one attached hydrogen (secondary N) is 2. The highest BCUT2D eigenvalue weighted by Crippen LogP contribution is 2.38. The third kappa shape index (κ3) is 7.65. The normalized spacial score (nSPS) is 22.3. The average molecular weight is 756 g/mol. The Morgan fingerprint density at radius 2 is 1.84 bits per heavy atom. The molecule has 1 saturated carbocycles. The number of benzene rings is 1. The lowest BCUT2D eigenvalue weighted by atomic mass is 9.79. The van der Waals surface area contributed by atoms with Crippen molar-refractivity contribution < 1.29 is 14.0 Å². The van der Waals surface area contributed by atoms with Crippen molar-refractivity contribution in [2.45, 2.75) is 75.9 Å². The molecule has 3 atom stereocenters. The van der Waals surface area contributed by atoms with Gasteiger partial charge in [0, 0.05) is 54.7 Å². The third-order valence-electron chi connectivity index (χ3n) is 11.4. The van der Waals surface area contributed by atoms with Gasteiger partial charge >= 0.3 is 6.03 Å². The number of anilines is 2. The van der Waals surface area contributed by atoms with Gasteiger partial charge in [-0.15, -0.1) is 5.10 Å². The molecule has 0 radical (unpaired) electrons. The van der Waals surface area contributed by atoms with Gasteiger partial charge in [-0.3, -0.25) is 15.0 Å². The van der Waals surface area contributed by atoms with Gasteiger partial charge in [-0.1, -0.05) is 17.3 Å². The SMILES string of the molecule is C[C@H](C#N)Nc1cc(-n2ncc3cc(C#N)cnc32)ncc1-n1cc(C2CCC(CCN3CCC(c4ccc(N5CCC(=O)NC5=O)cc4)C(F)C3)CC2)nn1. The Morgan fingerprint density at radius 1 is 1.02 bits per heavy atom. The maximum Gasteiger partial charge on any atom is 0.328 e. The Labute approximate surface area is 323 Å². The van der Waals surface area contributed by atoms with Gasteiger partial charge in [-0.2, -0.15) is 20.3 Å². The lowest BCUT2D eigenvalue weighted by molar-refractivity contribution is -0.120. The molecule has 1 aliphatic carbocycles. The van der Waals surface area contributed by atoms with Gasteiger partial charge in [0.15, 0.2) is 11.5 Å². The maximum atomic E-state index is 15.5. The van der Waals surface area contributed by atoms with Crippen LogP contribution in [-0.4, -0.2) is 90.0 Å². The molecular formula is C40H42FN13O2. The van der Waals surface area contributed by atoms with Gasteiger partial charge < -0.3 is 10.2 Å². The molecule has 2 aliphatic heterocycles. The van der Waals surface area contributed by atoms with E-state index >= 15 is 4.39 Å². The fourth-order valence-corrected chi connectivity index (χ4v) is 8.22. The molecule has 1 aromatic carbocycles. The number of halogens is 1. The summed E-state index contributed by atoms with van der Waals surface area (Å²) in [7, 11) is 0. The standard InChI is InChI=1S/C40H42FN13O2/c1-25(18-42)47-34-17-37(54-39-30(21-46-54)16-27(19-43)20-45-39)44-22-36(34)53-24-35(49-50-53)29-4-2-26(3-5-29)10-13-51-14-11-32(33(41)23-51)28-6-8-31(9-7-28)52-15-12-38(55)48-40(52)56/h6-9,16-17,20-22,24-26,29,32-33H,2-5,10-15,23H2,1H3,(H,44,47)(H,48,55,56)/t25-,26?,29?,32?,33?/m1/s1. The van der Waals surface area contributed by atoms with Crippen molar-refractivity contribution in [3.63, 3.8) is 0 Å². The predicted octanol–water partition coefficient (Wildman–Crippen LogP) is 5.53. The highest BCUT2D eigenvalue weighted by Gasteiger charge is 2.32. The number of rotatable bonds is 10. The van der Waals surface area contributed by atoms with Crippen molar-refractivity contribution in [2.75, 3.05) is 36.4 Å². The molecule has 2 unspecified atom stereocenters. The number of hydrogen-bond donors (Lipinski definition) is 2. The summed E-state index contributed by atoms with van der Waals surface area (Å²) in [5.41, 5.74) is 4.87. The maximum absolute atomic E-state index is 15.5. The monoisotopic (exact) mass is 755 g/mol. The number of urea groups is 1. The van der Waals surface area contributed by atoms with Crippen molar-refractivity contribution in [2.24, 2.45) is 5.92 Å². The van der Waals surface area contributed by atoms with E-state index in [1.807, 2.05) is 30.5 Å². The van der Waals surface area contributed by atoms with E-state index in [4.69, 9.17) is 0 Å². The molecule has 15 nitrogen and oxygen atoms in total. The van der Waals surface area contributed by atoms with Crippen LogP contribution in [0.15, 0.2) is 61.2 Å². The summed E-state index contributed by atoms with van der Waals surface area (Å²) in [5.74, 6) is 0.911. The third-order valence-corrected chi connectivity index (χ3v) is 11.4. The zero-order chi connectivity index (χ0) is 38.8. The molecule has 0 bridgehead atoms. The second kappa shape index (κ2) is 15.8. The van der Waals surface area contributed by atoms with Gasteiger partial charge in [0.25, 0.3) is 0 Å². The van der Waals surface area contributed by atoms with Crippen LogP contribution in [0.2, 0.25) is 0 Å². The van der Waals surface area contributed by atoms with Crippen molar-refractivity contribution in [1.29, 1.82) is 10.5 Å². The van der Waals surface area contributed by atoms with E-state index in [-0.39, 0.29) is 24.2 Å². The number of amides is 3. The minimum atomic E-state index is -0.963. The van der Waals surface area contributed by atoms with Crippen LogP contribution in [-0.2, 0) is 4.79 Å². The van der Waals surface area contributed by atoms with E-state index in [0.29, 0.717) is 58.5 Å². The molecule has 286 valence electrons. The predicted molar refractivity (Wildman–Crippen MR) is 205 cm³/mol. The summed E-state index contributed by atoms with van der Waals surface area (Å²) in [4.78, 5) is 36.6.